The minimum absolute atomic E-state index is 0.138. The summed E-state index contributed by atoms with van der Waals surface area (Å²) < 4.78 is 31.1. The van der Waals surface area contributed by atoms with Crippen molar-refractivity contribution >= 4 is 15.9 Å². The molecule has 1 aromatic carbocycles. The Morgan fingerprint density at radius 3 is 2.25 bits per heavy atom. The van der Waals surface area contributed by atoms with Crippen LogP contribution in [0, 0.1) is 0 Å². The molecule has 0 bridgehead atoms. The first-order chi connectivity index (χ1) is 11.3. The number of nitrogens with one attached hydrogen (secondary N) is 1. The van der Waals surface area contributed by atoms with Gasteiger partial charge < -0.3 is 15.8 Å². The smallest absolute Gasteiger partial charge is 0.243 e. The molecule has 0 aromatic heterocycles. The van der Waals surface area contributed by atoms with Gasteiger partial charge in [-0.1, -0.05) is 26.0 Å². The summed E-state index contributed by atoms with van der Waals surface area (Å²) in [6.45, 7) is 6.40. The zero-order valence-electron chi connectivity index (χ0n) is 14.7. The van der Waals surface area contributed by atoms with Crippen LogP contribution in [0.15, 0.2) is 29.2 Å². The molecule has 0 radical (unpaired) electrons. The summed E-state index contributed by atoms with van der Waals surface area (Å²) in [7, 11) is -2.00. The second-order valence-electron chi connectivity index (χ2n) is 5.45. The maximum atomic E-state index is 12.4. The van der Waals surface area contributed by atoms with Crippen molar-refractivity contribution in [2.75, 3.05) is 26.8 Å². The Morgan fingerprint density at radius 2 is 1.79 bits per heavy atom. The lowest BCUT2D eigenvalue weighted by Gasteiger charge is -2.20. The first kappa shape index (κ1) is 20.6. The monoisotopic (exact) mass is 357 g/mol. The Balaban J connectivity index is 2.85. The molecule has 0 heterocycles. The van der Waals surface area contributed by atoms with Crippen molar-refractivity contribution in [3.8, 4) is 0 Å². The SMILES string of the molecule is CCN(CC)S(=O)(=O)c1ccc(C(C)NC(=O)C(N)COC)cc1. The number of nitrogens with zero attached hydrogens (tertiary/aromatic N) is 1. The number of methoxy groups -OCH3 is 1. The zero-order valence-corrected chi connectivity index (χ0v) is 15.5. The lowest BCUT2D eigenvalue weighted by atomic mass is 10.1. The number of hydrogen-bond donors (Lipinski definition) is 2. The van der Waals surface area contributed by atoms with E-state index in [9.17, 15) is 13.2 Å². The molecule has 1 rings (SSSR count). The van der Waals surface area contributed by atoms with Gasteiger partial charge in [0.2, 0.25) is 15.9 Å². The van der Waals surface area contributed by atoms with Crippen LogP contribution in [0.25, 0.3) is 0 Å². The Morgan fingerprint density at radius 1 is 1.25 bits per heavy atom. The Kier molecular flexibility index (Phi) is 7.82. The van der Waals surface area contributed by atoms with E-state index in [0.29, 0.717) is 13.1 Å². The average Bonchev–Trinajstić information content (AvgIpc) is 2.56. The van der Waals surface area contributed by atoms with E-state index in [0.717, 1.165) is 5.56 Å². The van der Waals surface area contributed by atoms with Gasteiger partial charge >= 0.3 is 0 Å². The van der Waals surface area contributed by atoms with E-state index in [-0.39, 0.29) is 23.5 Å². The van der Waals surface area contributed by atoms with E-state index >= 15 is 0 Å². The van der Waals surface area contributed by atoms with Crippen molar-refractivity contribution < 1.29 is 17.9 Å². The van der Waals surface area contributed by atoms with Crippen LogP contribution < -0.4 is 11.1 Å². The molecule has 0 aliphatic carbocycles. The van der Waals surface area contributed by atoms with Gasteiger partial charge in [-0.2, -0.15) is 4.31 Å². The average molecular weight is 357 g/mol. The second-order valence-corrected chi connectivity index (χ2v) is 7.39. The van der Waals surface area contributed by atoms with Crippen molar-refractivity contribution in [2.24, 2.45) is 5.73 Å². The molecule has 2 atom stereocenters. The first-order valence-corrected chi connectivity index (χ1v) is 9.36. The van der Waals surface area contributed by atoms with Gasteiger partial charge in [-0.25, -0.2) is 8.42 Å². The number of hydrogen-bond acceptors (Lipinski definition) is 5. The van der Waals surface area contributed by atoms with E-state index in [1.165, 1.54) is 11.4 Å². The van der Waals surface area contributed by atoms with Crippen molar-refractivity contribution in [3.63, 3.8) is 0 Å². The topological polar surface area (TPSA) is 102 Å². The number of nitrogens with two attached hydrogens (primary N) is 1. The highest BCUT2D eigenvalue weighted by Gasteiger charge is 2.22. The normalized spacial score (nSPS) is 14.4. The lowest BCUT2D eigenvalue weighted by Crippen LogP contribution is -2.44. The fraction of sp³-hybridized carbons (Fsp3) is 0.562. The lowest BCUT2D eigenvalue weighted by molar-refractivity contribution is -0.124. The van der Waals surface area contributed by atoms with E-state index in [1.54, 1.807) is 38.1 Å². The van der Waals surface area contributed by atoms with E-state index in [4.69, 9.17) is 10.5 Å². The van der Waals surface area contributed by atoms with E-state index in [1.807, 2.05) is 6.92 Å². The molecule has 136 valence electrons. The number of sulfonamides is 1. The van der Waals surface area contributed by atoms with E-state index in [2.05, 4.69) is 5.32 Å². The molecule has 0 fully saturated rings. The third kappa shape index (κ3) is 5.01. The van der Waals surface area contributed by atoms with Gasteiger partial charge in [-0.05, 0) is 24.6 Å². The number of carbonyl (C=O) groups is 1. The molecule has 0 saturated carbocycles. The third-order valence-electron chi connectivity index (χ3n) is 3.77. The van der Waals surface area contributed by atoms with Gasteiger partial charge in [0.15, 0.2) is 0 Å². The largest absolute Gasteiger partial charge is 0.383 e. The predicted molar refractivity (Wildman–Crippen MR) is 93.0 cm³/mol. The summed E-state index contributed by atoms with van der Waals surface area (Å²) in [6.07, 6.45) is 0. The summed E-state index contributed by atoms with van der Waals surface area (Å²) >= 11 is 0. The zero-order chi connectivity index (χ0) is 18.3. The molecule has 8 heteroatoms. The summed E-state index contributed by atoms with van der Waals surface area (Å²) in [5, 5.41) is 2.78. The van der Waals surface area contributed by atoms with E-state index < -0.39 is 16.1 Å². The maximum absolute atomic E-state index is 12.4. The molecule has 0 saturated heterocycles. The van der Waals surface area contributed by atoms with Crippen molar-refractivity contribution in [1.29, 1.82) is 0 Å². The molecule has 1 amide bonds. The highest BCUT2D eigenvalue weighted by molar-refractivity contribution is 7.89. The Hall–Kier alpha value is -1.48. The number of carbonyl (C=O) groups excluding carboxylic acids is 1. The van der Waals surface area contributed by atoms with Gasteiger partial charge in [-0.3, -0.25) is 4.79 Å². The van der Waals surface area contributed by atoms with Crippen LogP contribution in [0.3, 0.4) is 0 Å². The van der Waals surface area contributed by atoms with Gasteiger partial charge in [0.25, 0.3) is 0 Å². The van der Waals surface area contributed by atoms with Crippen LogP contribution in [-0.4, -0.2) is 51.5 Å². The predicted octanol–water partition coefficient (Wildman–Crippen LogP) is 0.868. The molecule has 7 nitrogen and oxygen atoms in total. The van der Waals surface area contributed by atoms with Crippen molar-refractivity contribution in [2.45, 2.75) is 37.8 Å². The van der Waals surface area contributed by atoms with Gasteiger partial charge in [0.05, 0.1) is 17.5 Å². The highest BCUT2D eigenvalue weighted by atomic mass is 32.2. The molecule has 0 aliphatic heterocycles. The molecular formula is C16H27N3O4S. The Bertz CT molecular complexity index is 627. The summed E-state index contributed by atoms with van der Waals surface area (Å²) in [4.78, 5) is 12.1. The third-order valence-corrected chi connectivity index (χ3v) is 5.83. The minimum Gasteiger partial charge on any atom is -0.383 e. The molecule has 0 spiro atoms. The first-order valence-electron chi connectivity index (χ1n) is 7.92. The molecule has 2 unspecified atom stereocenters. The summed E-state index contributed by atoms with van der Waals surface area (Å²) in [5.74, 6) is -0.316. The molecular weight excluding hydrogens is 330 g/mol. The quantitative estimate of drug-likeness (QED) is 0.683. The number of amides is 1. The number of benzene rings is 1. The number of ether oxygens (including phenoxy) is 1. The maximum Gasteiger partial charge on any atom is 0.243 e. The van der Waals surface area contributed by atoms with Crippen LogP contribution in [0.4, 0.5) is 0 Å². The minimum atomic E-state index is -3.48. The molecule has 24 heavy (non-hydrogen) atoms. The van der Waals surface area contributed by atoms with Crippen molar-refractivity contribution in [3.05, 3.63) is 29.8 Å². The number of rotatable bonds is 9. The van der Waals surface area contributed by atoms with Crippen LogP contribution in [0.5, 0.6) is 0 Å². The standard InChI is InChI=1S/C16H27N3O4S/c1-5-19(6-2)24(21,22)14-9-7-13(8-10-14)12(3)18-16(20)15(17)11-23-4/h7-10,12,15H,5-6,11,17H2,1-4H3,(H,18,20). The van der Waals surface area contributed by atoms with Crippen molar-refractivity contribution in [1.82, 2.24) is 9.62 Å². The van der Waals surface area contributed by atoms with Crippen LogP contribution in [-0.2, 0) is 19.6 Å². The molecule has 1 aromatic rings. The fourth-order valence-corrected chi connectivity index (χ4v) is 3.76. The van der Waals surface area contributed by atoms with Gasteiger partial charge in [0, 0.05) is 20.2 Å². The molecule has 3 N–H and O–H groups in total. The highest BCUT2D eigenvalue weighted by Crippen LogP contribution is 2.19. The summed E-state index contributed by atoms with van der Waals surface area (Å²) in [6, 6.07) is 5.48. The van der Waals surface area contributed by atoms with Gasteiger partial charge in [0.1, 0.15) is 6.04 Å². The molecule has 0 aliphatic rings. The second kappa shape index (κ2) is 9.12. The van der Waals surface area contributed by atoms with Crippen LogP contribution in [0.2, 0.25) is 0 Å². The van der Waals surface area contributed by atoms with Crippen LogP contribution >= 0.6 is 0 Å². The van der Waals surface area contributed by atoms with Crippen LogP contribution in [0.1, 0.15) is 32.4 Å². The Labute approximate surface area is 144 Å². The summed E-state index contributed by atoms with van der Waals surface area (Å²) in [5.41, 5.74) is 6.47. The van der Waals surface area contributed by atoms with Gasteiger partial charge in [-0.15, -0.1) is 0 Å². The fourth-order valence-electron chi connectivity index (χ4n) is 2.30.